The maximum absolute atomic E-state index is 12.6. The summed E-state index contributed by atoms with van der Waals surface area (Å²) in [4.78, 5) is 24.0. The van der Waals surface area contributed by atoms with Crippen LogP contribution in [0.3, 0.4) is 0 Å². The molecule has 0 aliphatic carbocycles. The standard InChI is InChI=1S/C16H17BrF3NO3/c1-2-24-14(22)10-5-6-12(13(17)8-10)11-4-3-7-21(9-11)15(23)16(18,19)20/h5-6,8,11H,2-4,7,9H2,1H3/t11-/m0/s1. The van der Waals surface area contributed by atoms with Gasteiger partial charge in [-0.15, -0.1) is 0 Å². The molecule has 0 bridgehead atoms. The fourth-order valence-corrected chi connectivity index (χ4v) is 3.50. The third-order valence-corrected chi connectivity index (χ3v) is 4.59. The fraction of sp³-hybridized carbons (Fsp3) is 0.500. The topological polar surface area (TPSA) is 46.6 Å². The average Bonchev–Trinajstić information content (AvgIpc) is 2.53. The average molecular weight is 408 g/mol. The molecule has 24 heavy (non-hydrogen) atoms. The first-order valence-electron chi connectivity index (χ1n) is 7.56. The lowest BCUT2D eigenvalue weighted by Crippen LogP contribution is -2.45. The Balaban J connectivity index is 2.16. The summed E-state index contributed by atoms with van der Waals surface area (Å²) in [6.45, 7) is 2.08. The molecule has 1 amide bonds. The van der Waals surface area contributed by atoms with Gasteiger partial charge in [0.25, 0.3) is 0 Å². The maximum Gasteiger partial charge on any atom is 0.471 e. The summed E-state index contributed by atoms with van der Waals surface area (Å²) in [5.74, 6) is -2.47. The number of ether oxygens (including phenoxy) is 1. The maximum atomic E-state index is 12.6. The number of amides is 1. The molecule has 1 saturated heterocycles. The van der Waals surface area contributed by atoms with Crippen molar-refractivity contribution in [1.82, 2.24) is 4.90 Å². The number of hydrogen-bond donors (Lipinski definition) is 0. The molecular weight excluding hydrogens is 391 g/mol. The van der Waals surface area contributed by atoms with Crippen LogP contribution in [0.2, 0.25) is 0 Å². The Morgan fingerprint density at radius 3 is 2.67 bits per heavy atom. The number of halogens is 4. The number of piperidine rings is 1. The number of hydrogen-bond acceptors (Lipinski definition) is 3. The van der Waals surface area contributed by atoms with Gasteiger partial charge < -0.3 is 9.64 Å². The van der Waals surface area contributed by atoms with Crippen molar-refractivity contribution in [3.8, 4) is 0 Å². The number of carbonyl (C=O) groups is 2. The highest BCUT2D eigenvalue weighted by atomic mass is 79.9. The molecule has 0 N–H and O–H groups in total. The normalized spacial score (nSPS) is 18.4. The minimum Gasteiger partial charge on any atom is -0.462 e. The molecule has 1 aromatic carbocycles. The van der Waals surface area contributed by atoms with E-state index in [0.717, 1.165) is 10.5 Å². The van der Waals surface area contributed by atoms with Gasteiger partial charge in [-0.1, -0.05) is 22.0 Å². The predicted molar refractivity (Wildman–Crippen MR) is 84.7 cm³/mol. The van der Waals surface area contributed by atoms with E-state index in [0.29, 0.717) is 22.9 Å². The fourth-order valence-electron chi connectivity index (χ4n) is 2.79. The third kappa shape index (κ3) is 4.28. The molecule has 4 nitrogen and oxygen atoms in total. The number of nitrogens with zero attached hydrogens (tertiary/aromatic N) is 1. The number of alkyl halides is 3. The minimum absolute atomic E-state index is 0.00962. The largest absolute Gasteiger partial charge is 0.471 e. The lowest BCUT2D eigenvalue weighted by Gasteiger charge is -2.33. The molecule has 1 heterocycles. The summed E-state index contributed by atoms with van der Waals surface area (Å²) in [5, 5.41) is 0. The number of benzene rings is 1. The van der Waals surface area contributed by atoms with E-state index < -0.39 is 18.1 Å². The highest BCUT2D eigenvalue weighted by Gasteiger charge is 2.43. The minimum atomic E-state index is -4.85. The second-order valence-electron chi connectivity index (χ2n) is 5.54. The van der Waals surface area contributed by atoms with Gasteiger partial charge in [0, 0.05) is 23.5 Å². The molecule has 2 rings (SSSR count). The predicted octanol–water partition coefficient (Wildman–Crippen LogP) is 3.89. The van der Waals surface area contributed by atoms with E-state index in [-0.39, 0.29) is 25.6 Å². The highest BCUT2D eigenvalue weighted by Crippen LogP contribution is 2.34. The summed E-state index contributed by atoms with van der Waals surface area (Å²) < 4.78 is 43.4. The van der Waals surface area contributed by atoms with E-state index >= 15 is 0 Å². The second kappa shape index (κ2) is 7.55. The Labute approximate surface area is 146 Å². The van der Waals surface area contributed by atoms with Crippen LogP contribution in [0.15, 0.2) is 22.7 Å². The van der Waals surface area contributed by atoms with Crippen LogP contribution >= 0.6 is 15.9 Å². The van der Waals surface area contributed by atoms with Crippen LogP contribution < -0.4 is 0 Å². The van der Waals surface area contributed by atoms with Crippen LogP contribution in [0.5, 0.6) is 0 Å². The Morgan fingerprint density at radius 2 is 2.08 bits per heavy atom. The molecular formula is C16H17BrF3NO3. The van der Waals surface area contributed by atoms with Crippen molar-refractivity contribution in [1.29, 1.82) is 0 Å². The smallest absolute Gasteiger partial charge is 0.462 e. The molecule has 1 aliphatic rings. The molecule has 1 aromatic rings. The van der Waals surface area contributed by atoms with E-state index in [1.807, 2.05) is 0 Å². The van der Waals surface area contributed by atoms with Crippen molar-refractivity contribution in [3.05, 3.63) is 33.8 Å². The van der Waals surface area contributed by atoms with Crippen LogP contribution in [0, 0.1) is 0 Å². The lowest BCUT2D eigenvalue weighted by atomic mass is 9.90. The zero-order valence-corrected chi connectivity index (χ0v) is 14.6. The van der Waals surface area contributed by atoms with Crippen molar-refractivity contribution in [3.63, 3.8) is 0 Å². The van der Waals surface area contributed by atoms with Gasteiger partial charge in [-0.3, -0.25) is 4.79 Å². The Kier molecular flexibility index (Phi) is 5.90. The van der Waals surface area contributed by atoms with Gasteiger partial charge in [-0.2, -0.15) is 13.2 Å². The van der Waals surface area contributed by atoms with Crippen LogP contribution in [0.25, 0.3) is 0 Å². The summed E-state index contributed by atoms with van der Waals surface area (Å²) in [5.41, 5.74) is 1.15. The van der Waals surface area contributed by atoms with Crippen molar-refractivity contribution < 1.29 is 27.5 Å². The summed E-state index contributed by atoms with van der Waals surface area (Å²) in [7, 11) is 0. The van der Waals surface area contributed by atoms with Gasteiger partial charge in [-0.25, -0.2) is 4.79 Å². The molecule has 0 unspecified atom stereocenters. The molecule has 132 valence electrons. The van der Waals surface area contributed by atoms with E-state index in [2.05, 4.69) is 15.9 Å². The van der Waals surface area contributed by atoms with Gasteiger partial charge in [0.05, 0.1) is 12.2 Å². The first-order chi connectivity index (χ1) is 11.2. The van der Waals surface area contributed by atoms with Gasteiger partial charge in [0.15, 0.2) is 0 Å². The number of rotatable bonds is 3. The van der Waals surface area contributed by atoms with Crippen LogP contribution in [0.4, 0.5) is 13.2 Å². The Bertz CT molecular complexity index is 633. The molecule has 1 fully saturated rings. The zero-order valence-electron chi connectivity index (χ0n) is 13.0. The highest BCUT2D eigenvalue weighted by molar-refractivity contribution is 9.10. The van der Waals surface area contributed by atoms with Crippen molar-refractivity contribution >= 4 is 27.8 Å². The van der Waals surface area contributed by atoms with Gasteiger partial charge in [0.1, 0.15) is 0 Å². The molecule has 0 aromatic heterocycles. The van der Waals surface area contributed by atoms with Crippen LogP contribution in [-0.4, -0.2) is 42.6 Å². The number of carbonyl (C=O) groups excluding carboxylic acids is 2. The first-order valence-corrected chi connectivity index (χ1v) is 8.36. The monoisotopic (exact) mass is 407 g/mol. The van der Waals surface area contributed by atoms with E-state index in [1.54, 1.807) is 25.1 Å². The van der Waals surface area contributed by atoms with Gasteiger partial charge in [0.2, 0.25) is 0 Å². The molecule has 0 radical (unpaired) electrons. The van der Waals surface area contributed by atoms with Crippen molar-refractivity contribution in [2.75, 3.05) is 19.7 Å². The lowest BCUT2D eigenvalue weighted by molar-refractivity contribution is -0.186. The second-order valence-corrected chi connectivity index (χ2v) is 6.40. The number of likely N-dealkylation sites (tertiary alicyclic amines) is 1. The molecule has 1 aliphatic heterocycles. The summed E-state index contributed by atoms with van der Waals surface area (Å²) in [6, 6.07) is 4.88. The van der Waals surface area contributed by atoms with Gasteiger partial charge in [-0.05, 0) is 37.5 Å². The van der Waals surface area contributed by atoms with Crippen LogP contribution in [-0.2, 0) is 9.53 Å². The van der Waals surface area contributed by atoms with Crippen molar-refractivity contribution in [2.45, 2.75) is 31.9 Å². The third-order valence-electron chi connectivity index (χ3n) is 3.90. The van der Waals surface area contributed by atoms with Crippen molar-refractivity contribution in [2.24, 2.45) is 0 Å². The SMILES string of the molecule is CCOC(=O)c1ccc([C@H]2CCCN(C(=O)C(F)(F)F)C2)c(Br)c1. The first kappa shape index (κ1) is 18.8. The van der Waals surface area contributed by atoms with E-state index in [4.69, 9.17) is 4.74 Å². The number of esters is 1. The van der Waals surface area contributed by atoms with E-state index in [1.165, 1.54) is 0 Å². The summed E-state index contributed by atoms with van der Waals surface area (Å²) >= 11 is 3.37. The Hall–Kier alpha value is -1.57. The quantitative estimate of drug-likeness (QED) is 0.713. The molecule has 1 atom stereocenters. The van der Waals surface area contributed by atoms with Gasteiger partial charge >= 0.3 is 18.1 Å². The van der Waals surface area contributed by atoms with E-state index in [9.17, 15) is 22.8 Å². The van der Waals surface area contributed by atoms with Crippen LogP contribution in [0.1, 0.15) is 41.6 Å². The zero-order chi connectivity index (χ0) is 17.9. The molecule has 0 saturated carbocycles. The summed E-state index contributed by atoms with van der Waals surface area (Å²) in [6.07, 6.45) is -3.68. The molecule has 8 heteroatoms. The Morgan fingerprint density at radius 1 is 1.38 bits per heavy atom. The molecule has 0 spiro atoms.